The van der Waals surface area contributed by atoms with Crippen molar-refractivity contribution in [1.29, 1.82) is 0 Å². The lowest BCUT2D eigenvalue weighted by Crippen LogP contribution is -2.53. The van der Waals surface area contributed by atoms with Gasteiger partial charge in [-0.3, -0.25) is 4.90 Å². The molecular formula is C15H22N2O2. The van der Waals surface area contributed by atoms with E-state index in [1.165, 1.54) is 5.56 Å². The van der Waals surface area contributed by atoms with Gasteiger partial charge in [-0.2, -0.15) is 0 Å². The standard InChI is InChI=1S/C15H22N2O2/c1-2-16-15-12-5-3-4-6-14(12)19-11-13(15)17-7-9-18-10-8-17/h3-6,13,15-16H,2,7-11H2,1H3. The fourth-order valence-electron chi connectivity index (χ4n) is 3.04. The van der Waals surface area contributed by atoms with Crippen LogP contribution in [0.2, 0.25) is 0 Å². The maximum atomic E-state index is 5.94. The molecule has 0 amide bonds. The fraction of sp³-hybridized carbons (Fsp3) is 0.600. The summed E-state index contributed by atoms with van der Waals surface area (Å²) in [5, 5.41) is 3.63. The normalized spacial score (nSPS) is 27.6. The van der Waals surface area contributed by atoms with Crippen molar-refractivity contribution in [2.24, 2.45) is 0 Å². The third-order valence-corrected chi connectivity index (χ3v) is 3.99. The molecule has 1 N–H and O–H groups in total. The van der Waals surface area contributed by atoms with Crippen LogP contribution in [0.25, 0.3) is 0 Å². The minimum absolute atomic E-state index is 0.355. The Morgan fingerprint density at radius 1 is 1.26 bits per heavy atom. The van der Waals surface area contributed by atoms with E-state index >= 15 is 0 Å². The van der Waals surface area contributed by atoms with E-state index in [2.05, 4.69) is 35.3 Å². The van der Waals surface area contributed by atoms with Gasteiger partial charge < -0.3 is 14.8 Å². The highest BCUT2D eigenvalue weighted by Crippen LogP contribution is 2.34. The van der Waals surface area contributed by atoms with Gasteiger partial charge in [0.25, 0.3) is 0 Å². The van der Waals surface area contributed by atoms with Crippen molar-refractivity contribution in [1.82, 2.24) is 10.2 Å². The number of benzene rings is 1. The number of rotatable bonds is 3. The van der Waals surface area contributed by atoms with Gasteiger partial charge in [0.1, 0.15) is 12.4 Å². The predicted molar refractivity (Wildman–Crippen MR) is 74.5 cm³/mol. The summed E-state index contributed by atoms with van der Waals surface area (Å²) in [5.74, 6) is 1.03. The van der Waals surface area contributed by atoms with Crippen LogP contribution in [0.4, 0.5) is 0 Å². The molecule has 1 aromatic rings. The first-order chi connectivity index (χ1) is 9.40. The summed E-state index contributed by atoms with van der Waals surface area (Å²) < 4.78 is 11.4. The van der Waals surface area contributed by atoms with Gasteiger partial charge in [0.05, 0.1) is 25.3 Å². The first-order valence-electron chi connectivity index (χ1n) is 7.17. The molecule has 2 atom stereocenters. The molecule has 1 aromatic carbocycles. The molecule has 3 rings (SSSR count). The lowest BCUT2D eigenvalue weighted by atomic mass is 9.94. The molecule has 0 radical (unpaired) electrons. The molecule has 19 heavy (non-hydrogen) atoms. The van der Waals surface area contributed by atoms with Crippen molar-refractivity contribution in [3.8, 4) is 5.75 Å². The van der Waals surface area contributed by atoms with Gasteiger partial charge in [-0.15, -0.1) is 0 Å². The predicted octanol–water partition coefficient (Wildman–Crippen LogP) is 1.43. The number of morpholine rings is 1. The number of ether oxygens (including phenoxy) is 2. The highest BCUT2D eigenvalue weighted by molar-refractivity contribution is 5.38. The van der Waals surface area contributed by atoms with Crippen LogP contribution >= 0.6 is 0 Å². The van der Waals surface area contributed by atoms with Crippen LogP contribution in [0, 0.1) is 0 Å². The van der Waals surface area contributed by atoms with Crippen molar-refractivity contribution in [3.05, 3.63) is 29.8 Å². The second kappa shape index (κ2) is 5.90. The molecule has 1 fully saturated rings. The lowest BCUT2D eigenvalue weighted by molar-refractivity contribution is -0.00944. The molecule has 2 unspecified atom stereocenters. The Balaban J connectivity index is 1.84. The van der Waals surface area contributed by atoms with E-state index in [1.807, 2.05) is 6.07 Å². The number of likely N-dealkylation sites (N-methyl/N-ethyl adjacent to an activating group) is 1. The van der Waals surface area contributed by atoms with E-state index in [-0.39, 0.29) is 0 Å². The monoisotopic (exact) mass is 262 g/mol. The summed E-state index contributed by atoms with van der Waals surface area (Å²) in [4.78, 5) is 2.49. The first-order valence-corrected chi connectivity index (χ1v) is 7.17. The molecule has 0 aliphatic carbocycles. The second-order valence-electron chi connectivity index (χ2n) is 5.10. The molecular weight excluding hydrogens is 240 g/mol. The molecule has 0 saturated carbocycles. The summed E-state index contributed by atoms with van der Waals surface area (Å²) in [6.45, 7) is 7.55. The van der Waals surface area contributed by atoms with Crippen LogP contribution in [0.1, 0.15) is 18.5 Å². The Morgan fingerprint density at radius 3 is 2.84 bits per heavy atom. The molecule has 4 nitrogen and oxygen atoms in total. The molecule has 104 valence electrons. The van der Waals surface area contributed by atoms with Gasteiger partial charge in [-0.25, -0.2) is 0 Å². The summed E-state index contributed by atoms with van der Waals surface area (Å²) in [5.41, 5.74) is 1.28. The van der Waals surface area contributed by atoms with Gasteiger partial charge in [0.2, 0.25) is 0 Å². The number of fused-ring (bicyclic) bond motifs is 1. The largest absolute Gasteiger partial charge is 0.492 e. The van der Waals surface area contributed by atoms with E-state index in [1.54, 1.807) is 0 Å². The Labute approximate surface area is 114 Å². The Bertz CT molecular complexity index is 418. The molecule has 0 bridgehead atoms. The summed E-state index contributed by atoms with van der Waals surface area (Å²) in [7, 11) is 0. The summed E-state index contributed by atoms with van der Waals surface area (Å²) >= 11 is 0. The van der Waals surface area contributed by atoms with Crippen molar-refractivity contribution in [2.45, 2.75) is 19.0 Å². The van der Waals surface area contributed by atoms with Crippen molar-refractivity contribution >= 4 is 0 Å². The van der Waals surface area contributed by atoms with Gasteiger partial charge in [-0.1, -0.05) is 25.1 Å². The zero-order valence-electron chi connectivity index (χ0n) is 11.5. The molecule has 2 aliphatic heterocycles. The highest BCUT2D eigenvalue weighted by Gasteiger charge is 2.34. The van der Waals surface area contributed by atoms with Gasteiger partial charge in [-0.05, 0) is 12.6 Å². The molecule has 0 spiro atoms. The summed E-state index contributed by atoms with van der Waals surface area (Å²) in [6.07, 6.45) is 0. The minimum Gasteiger partial charge on any atom is -0.492 e. The number of hydrogen-bond acceptors (Lipinski definition) is 4. The Hall–Kier alpha value is -1.10. The molecule has 0 aromatic heterocycles. The topological polar surface area (TPSA) is 33.7 Å². The molecule has 2 heterocycles. The first kappa shape index (κ1) is 12.9. The van der Waals surface area contributed by atoms with Crippen LogP contribution in [-0.4, -0.2) is 50.4 Å². The lowest BCUT2D eigenvalue weighted by Gasteiger charge is -2.42. The van der Waals surface area contributed by atoms with E-state index < -0.39 is 0 Å². The van der Waals surface area contributed by atoms with Crippen LogP contribution in [-0.2, 0) is 4.74 Å². The average molecular weight is 262 g/mol. The quantitative estimate of drug-likeness (QED) is 0.893. The third-order valence-electron chi connectivity index (χ3n) is 3.99. The zero-order chi connectivity index (χ0) is 13.1. The van der Waals surface area contributed by atoms with Crippen LogP contribution in [0.15, 0.2) is 24.3 Å². The third kappa shape index (κ3) is 2.61. The van der Waals surface area contributed by atoms with Crippen LogP contribution < -0.4 is 10.1 Å². The Morgan fingerprint density at radius 2 is 2.05 bits per heavy atom. The zero-order valence-corrected chi connectivity index (χ0v) is 11.5. The van der Waals surface area contributed by atoms with E-state index in [0.717, 1.165) is 45.2 Å². The number of hydrogen-bond donors (Lipinski definition) is 1. The van der Waals surface area contributed by atoms with Gasteiger partial charge in [0, 0.05) is 18.7 Å². The maximum Gasteiger partial charge on any atom is 0.124 e. The molecule has 2 aliphatic rings. The smallest absolute Gasteiger partial charge is 0.124 e. The van der Waals surface area contributed by atoms with E-state index in [4.69, 9.17) is 9.47 Å². The SMILES string of the molecule is CCNC1c2ccccc2OCC1N1CCOCC1. The number of nitrogens with zero attached hydrogens (tertiary/aromatic N) is 1. The van der Waals surface area contributed by atoms with Gasteiger partial charge >= 0.3 is 0 Å². The number of nitrogens with one attached hydrogen (secondary N) is 1. The van der Waals surface area contributed by atoms with Crippen LogP contribution in [0.3, 0.4) is 0 Å². The Kier molecular flexibility index (Phi) is 4.01. The number of para-hydroxylation sites is 1. The maximum absolute atomic E-state index is 5.94. The fourth-order valence-corrected chi connectivity index (χ4v) is 3.04. The highest BCUT2D eigenvalue weighted by atomic mass is 16.5. The van der Waals surface area contributed by atoms with Crippen molar-refractivity contribution in [3.63, 3.8) is 0 Å². The molecule has 1 saturated heterocycles. The van der Waals surface area contributed by atoms with Crippen molar-refractivity contribution in [2.75, 3.05) is 39.5 Å². The second-order valence-corrected chi connectivity index (χ2v) is 5.10. The van der Waals surface area contributed by atoms with Gasteiger partial charge in [0.15, 0.2) is 0 Å². The van der Waals surface area contributed by atoms with E-state index in [9.17, 15) is 0 Å². The summed E-state index contributed by atoms with van der Waals surface area (Å²) in [6, 6.07) is 9.13. The van der Waals surface area contributed by atoms with Crippen molar-refractivity contribution < 1.29 is 9.47 Å². The van der Waals surface area contributed by atoms with E-state index in [0.29, 0.717) is 12.1 Å². The average Bonchev–Trinajstić information content (AvgIpc) is 2.49. The van der Waals surface area contributed by atoms with Crippen LogP contribution in [0.5, 0.6) is 5.75 Å². The minimum atomic E-state index is 0.355. The molecule has 4 heteroatoms.